The third kappa shape index (κ3) is 3.45. The maximum Gasteiger partial charge on any atom is 0.471 e. The van der Waals surface area contributed by atoms with Crippen molar-refractivity contribution in [3.8, 4) is 11.5 Å². The smallest absolute Gasteiger partial charge is 0.471 e. The second-order valence-electron chi connectivity index (χ2n) is 15.0. The van der Waals surface area contributed by atoms with E-state index in [9.17, 15) is 24.6 Å². The van der Waals surface area contributed by atoms with Gasteiger partial charge < -0.3 is 33.3 Å². The maximum atomic E-state index is 13.9. The average Bonchev–Trinajstić information content (AvgIpc) is 3.61. The quantitative estimate of drug-likeness (QED) is 0.279. The Kier molecular flexibility index (Phi) is 6.28. The Bertz CT molecular complexity index is 1630. The van der Waals surface area contributed by atoms with Gasteiger partial charge in [0.25, 0.3) is 0 Å². The predicted octanol–water partition coefficient (Wildman–Crippen LogP) is 4.40. The number of hydrogen-bond donors (Lipinski definition) is 2. The third-order valence-electron chi connectivity index (χ3n) is 10.4. The number of aryl methyl sites for hydroxylation is 1. The number of aliphatic hydroxyl groups excluding tert-OH is 2. The molecule has 2 N–H and O–H groups in total. The Labute approximate surface area is 257 Å². The summed E-state index contributed by atoms with van der Waals surface area (Å²) in [4.78, 5) is 40.2. The summed E-state index contributed by atoms with van der Waals surface area (Å²) in [5, 5.41) is 20.6. The van der Waals surface area contributed by atoms with Crippen LogP contribution in [0.5, 0.6) is 11.5 Å². The van der Waals surface area contributed by atoms with Crippen molar-refractivity contribution < 1.29 is 47.7 Å². The third-order valence-corrected chi connectivity index (χ3v) is 15.3. The number of rotatable bonds is 5. The van der Waals surface area contributed by atoms with Crippen molar-refractivity contribution in [3.05, 3.63) is 33.9 Å². The number of carbonyl (C=O) groups is 3. The van der Waals surface area contributed by atoms with E-state index in [2.05, 4.69) is 41.5 Å². The van der Waals surface area contributed by atoms with Gasteiger partial charge in [-0.05, 0) is 37.0 Å². The zero-order valence-electron chi connectivity index (χ0n) is 26.3. The normalized spacial score (nSPS) is 30.1. The molecule has 11 heteroatoms. The van der Waals surface area contributed by atoms with Gasteiger partial charge in [-0.3, -0.25) is 14.4 Å². The molecule has 44 heavy (non-hydrogen) atoms. The van der Waals surface area contributed by atoms with Crippen LogP contribution in [0.25, 0.3) is 10.8 Å². The monoisotopic (exact) mass is 624 g/mol. The second-order valence-corrected chi connectivity index (χ2v) is 19.6. The van der Waals surface area contributed by atoms with Crippen LogP contribution < -0.4 is 8.85 Å². The summed E-state index contributed by atoms with van der Waals surface area (Å²) in [5.74, 6) is -2.09. The maximum absolute atomic E-state index is 13.9. The summed E-state index contributed by atoms with van der Waals surface area (Å²) in [7, 11) is -3.37. The summed E-state index contributed by atoms with van der Waals surface area (Å²) < 4.78 is 33.0. The minimum atomic E-state index is -3.37. The van der Waals surface area contributed by atoms with Crippen molar-refractivity contribution in [2.24, 2.45) is 5.92 Å². The van der Waals surface area contributed by atoms with E-state index in [0.717, 1.165) is 11.8 Å². The van der Waals surface area contributed by atoms with Gasteiger partial charge in [0.15, 0.2) is 18.2 Å². The first-order chi connectivity index (χ1) is 20.6. The fourth-order valence-electron chi connectivity index (χ4n) is 8.40. The predicted molar refractivity (Wildman–Crippen MR) is 161 cm³/mol. The van der Waals surface area contributed by atoms with Crippen LogP contribution in [-0.2, 0) is 25.4 Å². The number of ketones is 2. The van der Waals surface area contributed by atoms with E-state index < -0.39 is 61.4 Å². The van der Waals surface area contributed by atoms with Crippen molar-refractivity contribution in [1.82, 2.24) is 0 Å². The Morgan fingerprint density at radius 2 is 1.61 bits per heavy atom. The molecule has 0 amide bonds. The second kappa shape index (κ2) is 9.20. The Morgan fingerprint density at radius 3 is 2.18 bits per heavy atom. The number of ether oxygens (including phenoxy) is 3. The molecule has 4 unspecified atom stereocenters. The van der Waals surface area contributed by atoms with Gasteiger partial charge in [0.05, 0.1) is 36.7 Å². The van der Waals surface area contributed by atoms with Crippen LogP contribution in [0.1, 0.15) is 97.9 Å². The molecule has 0 radical (unpaired) electrons. The van der Waals surface area contributed by atoms with Crippen LogP contribution >= 0.6 is 0 Å². The fraction of sp³-hybridized carbons (Fsp3) is 0.606. The molecular formula is C33H40O10Si. The van der Waals surface area contributed by atoms with Crippen molar-refractivity contribution in [3.63, 3.8) is 0 Å². The van der Waals surface area contributed by atoms with E-state index in [1.165, 1.54) is 0 Å². The first-order valence-corrected chi connectivity index (χ1v) is 17.2. The van der Waals surface area contributed by atoms with Crippen LogP contribution in [0.4, 0.5) is 0 Å². The minimum absolute atomic E-state index is 0.0675. The SMILES string of the molecule is Cc1cc2c(C=O)c3c(c4c2c(c1C1OC2(C(CO)CO)OC1C(=O)C21CO1)O[Si](C(C)(C)C)(C(C)(C)C)O4)C(=O)CCC3. The minimum Gasteiger partial charge on any atom is -0.510 e. The number of Topliss-reactive ketones (excluding diaryl/α,β-unsaturated/α-hetero) is 2. The summed E-state index contributed by atoms with van der Waals surface area (Å²) in [5.41, 5.74) is 1.50. The molecule has 1 aliphatic carbocycles. The first-order valence-electron chi connectivity index (χ1n) is 15.4. The Hall–Kier alpha value is -2.67. The van der Waals surface area contributed by atoms with Gasteiger partial charge in [0.2, 0.25) is 17.2 Å². The van der Waals surface area contributed by atoms with Crippen LogP contribution in [0, 0.1) is 12.8 Å². The summed E-state index contributed by atoms with van der Waals surface area (Å²) in [6.07, 6.45) is 0.364. The van der Waals surface area contributed by atoms with Crippen LogP contribution in [0.3, 0.4) is 0 Å². The number of aldehydes is 1. The molecule has 4 heterocycles. The lowest BCUT2D eigenvalue weighted by Gasteiger charge is -2.51. The highest BCUT2D eigenvalue weighted by atomic mass is 28.4. The lowest BCUT2D eigenvalue weighted by molar-refractivity contribution is -0.239. The van der Waals surface area contributed by atoms with Gasteiger partial charge in [-0.1, -0.05) is 41.5 Å². The Balaban J connectivity index is 1.55. The highest BCUT2D eigenvalue weighted by Crippen LogP contribution is 2.65. The van der Waals surface area contributed by atoms with E-state index in [-0.39, 0.29) is 18.2 Å². The molecule has 3 fully saturated rings. The molecule has 7 rings (SSSR count). The van der Waals surface area contributed by atoms with E-state index in [4.69, 9.17) is 23.1 Å². The molecular weight excluding hydrogens is 584 g/mol. The Morgan fingerprint density at radius 1 is 1.00 bits per heavy atom. The van der Waals surface area contributed by atoms with Gasteiger partial charge in [-0.2, -0.15) is 0 Å². The first kappa shape index (κ1) is 30.0. The van der Waals surface area contributed by atoms with Gasteiger partial charge >= 0.3 is 8.56 Å². The van der Waals surface area contributed by atoms with Gasteiger partial charge in [-0.15, -0.1) is 0 Å². The molecule has 3 saturated heterocycles. The molecule has 1 spiro atoms. The van der Waals surface area contributed by atoms with Crippen molar-refractivity contribution in [2.45, 2.75) is 101 Å². The zero-order valence-corrected chi connectivity index (χ0v) is 27.3. The van der Waals surface area contributed by atoms with Crippen LogP contribution in [-0.4, -0.2) is 73.9 Å². The van der Waals surface area contributed by atoms with Gasteiger partial charge in [0, 0.05) is 33.0 Å². The highest BCUT2D eigenvalue weighted by Gasteiger charge is 2.83. The summed E-state index contributed by atoms with van der Waals surface area (Å²) in [6.45, 7) is 13.5. The molecule has 10 nitrogen and oxygen atoms in total. The van der Waals surface area contributed by atoms with Crippen molar-refractivity contribution in [2.75, 3.05) is 19.8 Å². The summed E-state index contributed by atoms with van der Waals surface area (Å²) >= 11 is 0. The number of epoxide rings is 1. The van der Waals surface area contributed by atoms with Gasteiger partial charge in [-0.25, -0.2) is 0 Å². The number of carbonyl (C=O) groups excluding carboxylic acids is 3. The van der Waals surface area contributed by atoms with E-state index in [0.29, 0.717) is 63.8 Å². The largest absolute Gasteiger partial charge is 0.510 e. The molecule has 0 aromatic heterocycles. The molecule has 4 atom stereocenters. The zero-order chi connectivity index (χ0) is 31.8. The molecule has 4 aliphatic heterocycles. The summed E-state index contributed by atoms with van der Waals surface area (Å²) in [6, 6.07) is 1.88. The molecule has 236 valence electrons. The van der Waals surface area contributed by atoms with Crippen molar-refractivity contribution in [1.29, 1.82) is 0 Å². The average molecular weight is 625 g/mol. The molecule has 0 saturated carbocycles. The van der Waals surface area contributed by atoms with E-state index in [1.807, 2.05) is 13.0 Å². The van der Waals surface area contributed by atoms with Crippen molar-refractivity contribution >= 4 is 37.2 Å². The van der Waals surface area contributed by atoms with Crippen LogP contribution in [0.15, 0.2) is 6.07 Å². The van der Waals surface area contributed by atoms with Gasteiger partial charge in [0.1, 0.15) is 17.6 Å². The topological polar surface area (TPSA) is 141 Å². The van der Waals surface area contributed by atoms with E-state index in [1.54, 1.807) is 0 Å². The lowest BCUT2D eigenvalue weighted by Crippen LogP contribution is -2.63. The lowest BCUT2D eigenvalue weighted by atomic mass is 9.80. The number of benzene rings is 2. The number of fused-ring (bicyclic) bond motifs is 5. The van der Waals surface area contributed by atoms with Crippen LogP contribution in [0.2, 0.25) is 10.1 Å². The standard InChI is InChI=1S/C33H40O10Si/c1-16-11-19-20(14-36)18-9-8-10-21(37)23(18)26-24(19)25(42-44(43-26,30(2,3)4)31(5,6)7)22(16)27-28-29(38)32(15-39-32)33(40-27,41-28)17(12-34)13-35/h11,14,17,27-28,34-35H,8-10,12-13,15H2,1-7H3. The fourth-order valence-corrected chi connectivity index (χ4v) is 12.9. The molecule has 5 aliphatic rings. The number of hydrogen-bond acceptors (Lipinski definition) is 10. The molecule has 2 aromatic carbocycles. The molecule has 2 aromatic rings. The molecule has 2 bridgehead atoms. The highest BCUT2D eigenvalue weighted by molar-refractivity contribution is 6.75. The number of aliphatic hydroxyl groups is 2. The van der Waals surface area contributed by atoms with E-state index >= 15 is 0 Å².